The van der Waals surface area contributed by atoms with Crippen LogP contribution in [-0.2, 0) is 0 Å². The van der Waals surface area contributed by atoms with Crippen LogP contribution in [0.15, 0.2) is 0 Å². The predicted octanol–water partition coefficient (Wildman–Crippen LogP) is 2.81. The summed E-state index contributed by atoms with van der Waals surface area (Å²) in [5, 5.41) is 0. The smallest absolute Gasteiger partial charge is 0.0238 e. The predicted molar refractivity (Wildman–Crippen MR) is 54.7 cm³/mol. The maximum atomic E-state index is 2.85. The van der Waals surface area contributed by atoms with Crippen LogP contribution in [0.5, 0.6) is 0 Å². The molecule has 2 saturated heterocycles. The minimum atomic E-state index is 0.719. The average Bonchev–Trinajstić information content (AvgIpc) is 2.58. The van der Waals surface area contributed by atoms with Gasteiger partial charge in [-0.15, -0.1) is 0 Å². The highest BCUT2D eigenvalue weighted by Crippen LogP contribution is 2.49. The molecule has 1 saturated carbocycles. The van der Waals surface area contributed by atoms with Crippen molar-refractivity contribution in [2.75, 3.05) is 13.1 Å². The Labute approximate surface area is 81.5 Å². The molecule has 0 aromatic rings. The standard InChI is InChI=1S/C12H21N/c1-2-7-12-8-4-10-13(12)9-3-6-11(12)5-1/h11H,1-10H2. The second-order valence-electron chi connectivity index (χ2n) is 5.28. The van der Waals surface area contributed by atoms with Gasteiger partial charge < -0.3 is 0 Å². The summed E-state index contributed by atoms with van der Waals surface area (Å²) in [6.07, 6.45) is 12.1. The Kier molecular flexibility index (Phi) is 1.90. The van der Waals surface area contributed by atoms with E-state index in [4.69, 9.17) is 0 Å². The molecule has 2 atom stereocenters. The van der Waals surface area contributed by atoms with Gasteiger partial charge in [0.1, 0.15) is 0 Å². The highest BCUT2D eigenvalue weighted by atomic mass is 15.2. The minimum Gasteiger partial charge on any atom is -0.297 e. The van der Waals surface area contributed by atoms with Crippen molar-refractivity contribution >= 4 is 0 Å². The maximum absolute atomic E-state index is 2.85. The van der Waals surface area contributed by atoms with E-state index < -0.39 is 0 Å². The lowest BCUT2D eigenvalue weighted by molar-refractivity contribution is -0.00203. The second kappa shape index (κ2) is 2.98. The van der Waals surface area contributed by atoms with Gasteiger partial charge in [0.05, 0.1) is 0 Å². The molecule has 3 rings (SSSR count). The van der Waals surface area contributed by atoms with E-state index in [1.165, 1.54) is 64.5 Å². The molecule has 2 unspecified atom stereocenters. The van der Waals surface area contributed by atoms with Crippen molar-refractivity contribution in [3.8, 4) is 0 Å². The Morgan fingerprint density at radius 3 is 2.62 bits per heavy atom. The summed E-state index contributed by atoms with van der Waals surface area (Å²) < 4.78 is 0. The molecule has 0 radical (unpaired) electrons. The third-order valence-electron chi connectivity index (χ3n) is 4.82. The second-order valence-corrected chi connectivity index (χ2v) is 5.28. The van der Waals surface area contributed by atoms with E-state index in [-0.39, 0.29) is 0 Å². The minimum absolute atomic E-state index is 0.719. The van der Waals surface area contributed by atoms with E-state index in [9.17, 15) is 0 Å². The summed E-state index contributed by atoms with van der Waals surface area (Å²) in [7, 11) is 0. The fourth-order valence-electron chi connectivity index (χ4n) is 4.27. The molecule has 1 spiro atoms. The van der Waals surface area contributed by atoms with Gasteiger partial charge in [-0.3, -0.25) is 4.90 Å². The fourth-order valence-corrected chi connectivity index (χ4v) is 4.27. The van der Waals surface area contributed by atoms with Crippen molar-refractivity contribution in [3.63, 3.8) is 0 Å². The number of hydrogen-bond donors (Lipinski definition) is 0. The molecular formula is C12H21N. The van der Waals surface area contributed by atoms with Gasteiger partial charge in [-0.2, -0.15) is 0 Å². The van der Waals surface area contributed by atoms with E-state index in [2.05, 4.69) is 4.90 Å². The SMILES string of the molecule is C1CCC23CCCN2CCCC3C1. The fraction of sp³-hybridized carbons (Fsp3) is 1.00. The number of nitrogens with zero attached hydrogens (tertiary/aromatic N) is 1. The topological polar surface area (TPSA) is 3.24 Å². The van der Waals surface area contributed by atoms with Gasteiger partial charge in [-0.1, -0.05) is 12.8 Å². The van der Waals surface area contributed by atoms with Crippen LogP contribution in [0.3, 0.4) is 0 Å². The third kappa shape index (κ3) is 1.09. The van der Waals surface area contributed by atoms with Gasteiger partial charge in [0.25, 0.3) is 0 Å². The lowest BCUT2D eigenvalue weighted by Gasteiger charge is -2.51. The first-order valence-corrected chi connectivity index (χ1v) is 6.17. The van der Waals surface area contributed by atoms with Crippen LogP contribution in [0.1, 0.15) is 51.4 Å². The summed E-state index contributed by atoms with van der Waals surface area (Å²) in [4.78, 5) is 2.85. The summed E-state index contributed by atoms with van der Waals surface area (Å²) in [6.45, 7) is 2.83. The van der Waals surface area contributed by atoms with Crippen LogP contribution in [0.4, 0.5) is 0 Å². The van der Waals surface area contributed by atoms with E-state index in [0.29, 0.717) is 0 Å². The van der Waals surface area contributed by atoms with E-state index in [1.807, 2.05) is 0 Å². The van der Waals surface area contributed by atoms with E-state index in [0.717, 1.165) is 11.5 Å². The van der Waals surface area contributed by atoms with Crippen LogP contribution >= 0.6 is 0 Å². The molecule has 0 bridgehead atoms. The summed E-state index contributed by atoms with van der Waals surface area (Å²) in [5.74, 6) is 1.08. The van der Waals surface area contributed by atoms with Gasteiger partial charge in [0.15, 0.2) is 0 Å². The molecule has 0 amide bonds. The molecule has 2 aliphatic heterocycles. The monoisotopic (exact) mass is 179 g/mol. The molecule has 3 fully saturated rings. The Morgan fingerprint density at radius 1 is 0.846 bits per heavy atom. The summed E-state index contributed by atoms with van der Waals surface area (Å²) in [6, 6.07) is 0. The van der Waals surface area contributed by atoms with E-state index in [1.54, 1.807) is 0 Å². The summed E-state index contributed by atoms with van der Waals surface area (Å²) >= 11 is 0. The first-order chi connectivity index (χ1) is 6.42. The largest absolute Gasteiger partial charge is 0.297 e. The number of hydrogen-bond acceptors (Lipinski definition) is 1. The van der Waals surface area contributed by atoms with Crippen LogP contribution in [0, 0.1) is 5.92 Å². The first-order valence-electron chi connectivity index (χ1n) is 6.17. The molecule has 74 valence electrons. The first kappa shape index (κ1) is 8.28. The van der Waals surface area contributed by atoms with Gasteiger partial charge in [0.2, 0.25) is 0 Å². The quantitative estimate of drug-likeness (QED) is 0.552. The molecule has 2 heterocycles. The normalized spacial score (nSPS) is 45.7. The molecule has 3 aliphatic rings. The molecule has 1 heteroatoms. The highest BCUT2D eigenvalue weighted by Gasteiger charge is 2.49. The van der Waals surface area contributed by atoms with Gasteiger partial charge in [-0.05, 0) is 57.5 Å². The average molecular weight is 179 g/mol. The Morgan fingerprint density at radius 2 is 1.62 bits per heavy atom. The van der Waals surface area contributed by atoms with E-state index >= 15 is 0 Å². The van der Waals surface area contributed by atoms with Crippen molar-refractivity contribution in [1.29, 1.82) is 0 Å². The Bertz CT molecular complexity index is 199. The number of rotatable bonds is 0. The Hall–Kier alpha value is -0.0400. The highest BCUT2D eigenvalue weighted by molar-refractivity contribution is 5.04. The molecular weight excluding hydrogens is 158 g/mol. The van der Waals surface area contributed by atoms with Gasteiger partial charge in [-0.25, -0.2) is 0 Å². The van der Waals surface area contributed by atoms with Crippen molar-refractivity contribution in [3.05, 3.63) is 0 Å². The maximum Gasteiger partial charge on any atom is 0.0238 e. The zero-order valence-electron chi connectivity index (χ0n) is 8.60. The van der Waals surface area contributed by atoms with Gasteiger partial charge in [0, 0.05) is 5.54 Å². The Balaban J connectivity index is 1.89. The van der Waals surface area contributed by atoms with Crippen molar-refractivity contribution < 1.29 is 0 Å². The molecule has 0 aromatic carbocycles. The van der Waals surface area contributed by atoms with Crippen LogP contribution in [0.25, 0.3) is 0 Å². The lowest BCUT2D eigenvalue weighted by Crippen LogP contribution is -2.54. The molecule has 1 nitrogen and oxygen atoms in total. The molecule has 13 heavy (non-hydrogen) atoms. The number of piperidine rings is 1. The van der Waals surface area contributed by atoms with Crippen molar-refractivity contribution in [2.45, 2.75) is 56.9 Å². The zero-order valence-corrected chi connectivity index (χ0v) is 8.60. The van der Waals surface area contributed by atoms with Crippen molar-refractivity contribution in [2.24, 2.45) is 5.92 Å². The van der Waals surface area contributed by atoms with Crippen LogP contribution in [0.2, 0.25) is 0 Å². The molecule has 1 aliphatic carbocycles. The zero-order chi connectivity index (χ0) is 8.73. The van der Waals surface area contributed by atoms with Crippen LogP contribution in [-0.4, -0.2) is 23.5 Å². The molecule has 0 aromatic heterocycles. The van der Waals surface area contributed by atoms with Crippen molar-refractivity contribution in [1.82, 2.24) is 4.90 Å². The summed E-state index contributed by atoms with van der Waals surface area (Å²) in [5.41, 5.74) is 0.719. The third-order valence-corrected chi connectivity index (χ3v) is 4.82. The lowest BCUT2D eigenvalue weighted by atomic mass is 9.67. The van der Waals surface area contributed by atoms with Crippen LogP contribution < -0.4 is 0 Å². The van der Waals surface area contributed by atoms with Gasteiger partial charge >= 0.3 is 0 Å². The molecule has 0 N–H and O–H groups in total.